The highest BCUT2D eigenvalue weighted by atomic mass is 35.5. The number of halogens is 2. The molecule has 1 rings (SSSR count). The Kier molecular flexibility index (Phi) is 7.34. The molecule has 0 aromatic heterocycles. The van der Waals surface area contributed by atoms with Crippen LogP contribution in [0, 0.1) is 0 Å². The normalized spacial score (nSPS) is 10.7. The first-order chi connectivity index (χ1) is 8.50. The maximum absolute atomic E-state index is 6.08. The van der Waals surface area contributed by atoms with Crippen molar-refractivity contribution < 1.29 is 0 Å². The third-order valence-electron chi connectivity index (χ3n) is 2.24. The monoisotopic (exact) mass is 322 g/mol. The second kappa shape index (κ2) is 8.23. The number of benzene rings is 1. The van der Waals surface area contributed by atoms with Crippen LogP contribution in [0.15, 0.2) is 18.2 Å². The summed E-state index contributed by atoms with van der Waals surface area (Å²) in [5.41, 5.74) is 0.886. The topological polar surface area (TPSA) is 15.3 Å². The molecule has 0 radical (unpaired) electrons. The highest BCUT2D eigenvalue weighted by molar-refractivity contribution is 8.22. The van der Waals surface area contributed by atoms with Gasteiger partial charge in [-0.05, 0) is 26.2 Å². The first kappa shape index (κ1) is 16.1. The summed E-state index contributed by atoms with van der Waals surface area (Å²) in [4.78, 5) is 2.13. The Morgan fingerprint density at radius 2 is 1.94 bits per heavy atom. The van der Waals surface area contributed by atoms with E-state index in [1.807, 2.05) is 32.3 Å². The molecule has 0 spiro atoms. The third-order valence-corrected chi connectivity index (χ3v) is 4.24. The second-order valence-corrected chi connectivity index (χ2v) is 6.58. The van der Waals surface area contributed by atoms with E-state index >= 15 is 0 Å². The molecule has 0 bridgehead atoms. The summed E-state index contributed by atoms with van der Waals surface area (Å²) < 4.78 is 0.771. The summed E-state index contributed by atoms with van der Waals surface area (Å²) in [5.74, 6) is 0.967. The zero-order chi connectivity index (χ0) is 13.5. The Hall–Kier alpha value is -0.0000000000000000555. The highest BCUT2D eigenvalue weighted by Gasteiger charge is 2.06. The van der Waals surface area contributed by atoms with Crippen molar-refractivity contribution in [2.75, 3.05) is 26.4 Å². The van der Waals surface area contributed by atoms with Crippen molar-refractivity contribution in [1.82, 2.24) is 10.2 Å². The van der Waals surface area contributed by atoms with Gasteiger partial charge >= 0.3 is 0 Å². The molecule has 0 aliphatic heterocycles. The Morgan fingerprint density at radius 3 is 2.50 bits per heavy atom. The number of rotatable bonds is 5. The van der Waals surface area contributed by atoms with Crippen molar-refractivity contribution in [2.24, 2.45) is 0 Å². The van der Waals surface area contributed by atoms with E-state index in [1.165, 1.54) is 0 Å². The van der Waals surface area contributed by atoms with Crippen LogP contribution in [0.2, 0.25) is 10.0 Å². The van der Waals surface area contributed by atoms with Crippen LogP contribution in [0.4, 0.5) is 0 Å². The minimum absolute atomic E-state index is 0.562. The molecule has 0 unspecified atom stereocenters. The van der Waals surface area contributed by atoms with Gasteiger partial charge in [0.25, 0.3) is 0 Å². The predicted molar refractivity (Wildman–Crippen MR) is 86.9 cm³/mol. The Balaban J connectivity index is 2.38. The smallest absolute Gasteiger partial charge is 0.134 e. The van der Waals surface area contributed by atoms with Crippen molar-refractivity contribution in [2.45, 2.75) is 6.54 Å². The first-order valence-electron chi connectivity index (χ1n) is 5.49. The summed E-state index contributed by atoms with van der Waals surface area (Å²) >= 11 is 19.0. The molecule has 0 aliphatic rings. The van der Waals surface area contributed by atoms with Crippen LogP contribution in [0.5, 0.6) is 0 Å². The minimum Gasteiger partial charge on any atom is -0.367 e. The van der Waals surface area contributed by atoms with E-state index < -0.39 is 0 Å². The Bertz CT molecular complexity index is 391. The highest BCUT2D eigenvalue weighted by Crippen LogP contribution is 2.24. The van der Waals surface area contributed by atoms with Gasteiger partial charge in [-0.1, -0.05) is 53.2 Å². The predicted octanol–water partition coefficient (Wildman–Crippen LogP) is 3.66. The third kappa shape index (κ3) is 5.76. The summed E-state index contributed by atoms with van der Waals surface area (Å²) in [6.45, 7) is 1.56. The molecule has 0 heterocycles. The molecule has 1 aromatic carbocycles. The van der Waals surface area contributed by atoms with E-state index in [9.17, 15) is 0 Å². The Labute approximate surface area is 128 Å². The molecule has 0 saturated heterocycles. The van der Waals surface area contributed by atoms with Crippen LogP contribution in [0.3, 0.4) is 0 Å². The van der Waals surface area contributed by atoms with Gasteiger partial charge in [0.2, 0.25) is 0 Å². The average molecular weight is 323 g/mol. The van der Waals surface area contributed by atoms with Gasteiger partial charge in [0.15, 0.2) is 0 Å². The van der Waals surface area contributed by atoms with Crippen LogP contribution in [0.1, 0.15) is 5.56 Å². The van der Waals surface area contributed by atoms with Crippen molar-refractivity contribution in [3.63, 3.8) is 0 Å². The van der Waals surface area contributed by atoms with E-state index in [1.54, 1.807) is 11.8 Å². The van der Waals surface area contributed by atoms with Gasteiger partial charge in [0.05, 0.1) is 0 Å². The van der Waals surface area contributed by atoms with E-state index in [2.05, 4.69) is 10.2 Å². The lowest BCUT2D eigenvalue weighted by molar-refractivity contribution is 0.437. The van der Waals surface area contributed by atoms with Gasteiger partial charge in [0, 0.05) is 34.5 Å². The van der Waals surface area contributed by atoms with Gasteiger partial charge in [0.1, 0.15) is 4.32 Å². The quantitative estimate of drug-likeness (QED) is 0.832. The molecule has 0 fully saturated rings. The summed E-state index contributed by atoms with van der Waals surface area (Å²) in [6, 6.07) is 5.48. The molecule has 6 heteroatoms. The molecule has 1 aromatic rings. The molecular weight excluding hydrogens is 307 g/mol. The van der Waals surface area contributed by atoms with E-state index in [0.717, 1.165) is 22.2 Å². The SMILES string of the molecule is CN(C)CCSC(=S)NCc1c(Cl)cccc1Cl. The van der Waals surface area contributed by atoms with Gasteiger partial charge in [-0.15, -0.1) is 0 Å². The molecule has 0 aliphatic carbocycles. The van der Waals surface area contributed by atoms with Crippen molar-refractivity contribution in [3.8, 4) is 0 Å². The number of hydrogen-bond acceptors (Lipinski definition) is 3. The van der Waals surface area contributed by atoms with Crippen LogP contribution < -0.4 is 5.32 Å². The first-order valence-corrected chi connectivity index (χ1v) is 7.64. The molecule has 2 nitrogen and oxygen atoms in total. The lowest BCUT2D eigenvalue weighted by atomic mass is 10.2. The van der Waals surface area contributed by atoms with E-state index in [-0.39, 0.29) is 0 Å². The van der Waals surface area contributed by atoms with Gasteiger partial charge < -0.3 is 10.2 Å². The van der Waals surface area contributed by atoms with Crippen LogP contribution in [-0.4, -0.2) is 35.6 Å². The van der Waals surface area contributed by atoms with Crippen LogP contribution in [-0.2, 0) is 6.54 Å². The molecule has 0 saturated carbocycles. The summed E-state index contributed by atoms with van der Waals surface area (Å²) in [6.07, 6.45) is 0. The lowest BCUT2D eigenvalue weighted by Crippen LogP contribution is -2.21. The van der Waals surface area contributed by atoms with Gasteiger partial charge in [-0.2, -0.15) is 0 Å². The van der Waals surface area contributed by atoms with E-state index in [0.29, 0.717) is 16.6 Å². The maximum Gasteiger partial charge on any atom is 0.134 e. The van der Waals surface area contributed by atoms with Crippen molar-refractivity contribution in [1.29, 1.82) is 0 Å². The number of nitrogens with zero attached hydrogens (tertiary/aromatic N) is 1. The number of hydrogen-bond donors (Lipinski definition) is 1. The molecule has 100 valence electrons. The van der Waals surface area contributed by atoms with Gasteiger partial charge in [-0.25, -0.2) is 0 Å². The fraction of sp³-hybridized carbons (Fsp3) is 0.417. The molecular formula is C12H16Cl2N2S2. The summed E-state index contributed by atoms with van der Waals surface area (Å²) in [5, 5.41) is 4.49. The minimum atomic E-state index is 0.562. The largest absolute Gasteiger partial charge is 0.367 e. The zero-order valence-electron chi connectivity index (χ0n) is 10.4. The van der Waals surface area contributed by atoms with E-state index in [4.69, 9.17) is 35.4 Å². The molecule has 1 N–H and O–H groups in total. The maximum atomic E-state index is 6.08. The fourth-order valence-corrected chi connectivity index (χ4v) is 2.90. The fourth-order valence-electron chi connectivity index (χ4n) is 1.23. The Morgan fingerprint density at radius 1 is 1.33 bits per heavy atom. The summed E-state index contributed by atoms with van der Waals surface area (Å²) in [7, 11) is 4.08. The average Bonchev–Trinajstić information content (AvgIpc) is 2.27. The number of thiocarbonyl (C=S) groups is 1. The zero-order valence-corrected chi connectivity index (χ0v) is 13.5. The molecule has 18 heavy (non-hydrogen) atoms. The lowest BCUT2D eigenvalue weighted by Gasteiger charge is -2.12. The van der Waals surface area contributed by atoms with Gasteiger partial charge in [-0.3, -0.25) is 0 Å². The number of nitrogens with one attached hydrogen (secondary N) is 1. The van der Waals surface area contributed by atoms with Crippen LogP contribution >= 0.6 is 47.2 Å². The van der Waals surface area contributed by atoms with Crippen LogP contribution in [0.25, 0.3) is 0 Å². The standard InChI is InChI=1S/C12H16Cl2N2S2/c1-16(2)6-7-18-12(17)15-8-9-10(13)4-3-5-11(9)14/h3-5H,6-8H2,1-2H3,(H,15,17). The number of thioether (sulfide) groups is 1. The second-order valence-electron chi connectivity index (χ2n) is 3.99. The molecule has 0 atom stereocenters. The molecule has 0 amide bonds. The van der Waals surface area contributed by atoms with Crippen molar-refractivity contribution in [3.05, 3.63) is 33.8 Å². The van der Waals surface area contributed by atoms with Crippen molar-refractivity contribution >= 4 is 51.5 Å².